The van der Waals surface area contributed by atoms with Gasteiger partial charge in [-0.2, -0.15) is 0 Å². The number of likely N-dealkylation sites (tertiary alicyclic amines) is 1. The molecule has 3 aliphatic rings. The summed E-state index contributed by atoms with van der Waals surface area (Å²) in [4.78, 5) is 54.5. The lowest BCUT2D eigenvalue weighted by Crippen LogP contribution is -2.59. The topological polar surface area (TPSA) is 171 Å². The Morgan fingerprint density at radius 2 is 1.83 bits per heavy atom. The Labute approximate surface area is 248 Å². The summed E-state index contributed by atoms with van der Waals surface area (Å²) < 4.78 is 32.3. The summed E-state index contributed by atoms with van der Waals surface area (Å²) in [5.74, 6) is -2.92. The van der Waals surface area contributed by atoms with Gasteiger partial charge in [-0.05, 0) is 65.2 Å². The predicted octanol–water partition coefficient (Wildman–Crippen LogP) is 1.89. The van der Waals surface area contributed by atoms with E-state index >= 15 is 0 Å². The number of carbonyl (C=O) groups excluding carboxylic acids is 4. The minimum Gasteiger partial charge on any atom is -0.444 e. The van der Waals surface area contributed by atoms with E-state index in [1.54, 1.807) is 20.8 Å². The van der Waals surface area contributed by atoms with Crippen LogP contribution in [0.4, 0.5) is 4.79 Å². The maximum Gasteiger partial charge on any atom is 0.408 e. The molecule has 0 aromatic carbocycles. The van der Waals surface area contributed by atoms with Crippen LogP contribution in [0.5, 0.6) is 0 Å². The molecular formula is C29H46N4O8S. The largest absolute Gasteiger partial charge is 0.444 e. The Morgan fingerprint density at radius 3 is 2.38 bits per heavy atom. The number of alkyl carbamates (subject to hydrolysis) is 1. The molecule has 0 spiro atoms. The Balaban J connectivity index is 1.78. The molecule has 0 aromatic rings. The molecule has 3 fully saturated rings. The summed E-state index contributed by atoms with van der Waals surface area (Å²) >= 11 is 0. The average molecular weight is 611 g/mol. The molecule has 1 aliphatic heterocycles. The molecule has 12 nitrogen and oxygen atoms in total. The van der Waals surface area contributed by atoms with Crippen LogP contribution in [-0.2, 0) is 29.1 Å². The molecule has 2 aliphatic carbocycles. The van der Waals surface area contributed by atoms with E-state index in [1.807, 2.05) is 13.0 Å². The van der Waals surface area contributed by atoms with E-state index in [4.69, 9.17) is 4.74 Å². The van der Waals surface area contributed by atoms with Crippen LogP contribution >= 0.6 is 0 Å². The Hall–Kier alpha value is -2.93. The first-order valence-corrected chi connectivity index (χ1v) is 16.2. The zero-order valence-electron chi connectivity index (χ0n) is 25.1. The van der Waals surface area contributed by atoms with Gasteiger partial charge in [0.25, 0.3) is 5.91 Å². The van der Waals surface area contributed by atoms with Crippen LogP contribution in [0.15, 0.2) is 25.3 Å². The van der Waals surface area contributed by atoms with Crippen molar-refractivity contribution in [1.29, 1.82) is 0 Å². The smallest absolute Gasteiger partial charge is 0.408 e. The van der Waals surface area contributed by atoms with E-state index < -0.39 is 74.3 Å². The van der Waals surface area contributed by atoms with E-state index in [2.05, 4.69) is 28.5 Å². The number of amides is 4. The number of rotatable bonds is 14. The SMILES string of the molecule is C=CCCCCC(C)C(NC(=O)OC(C)(C)C)C(=O)N1CC(O)CC1C(=O)NC1(C(=O)NS(=O)(=O)C2CC2)CC1C=C. The van der Waals surface area contributed by atoms with Gasteiger partial charge in [-0.1, -0.05) is 25.5 Å². The van der Waals surface area contributed by atoms with Gasteiger partial charge in [-0.3, -0.25) is 19.1 Å². The summed E-state index contributed by atoms with van der Waals surface area (Å²) in [6.45, 7) is 14.2. The third-order valence-electron chi connectivity index (χ3n) is 7.94. The standard InChI is InChI=1S/C29H46N4O8S/c1-7-9-10-11-12-18(3)23(30-27(38)41-28(4,5)6)25(36)33-17-20(34)15-22(33)24(35)31-29(16-19(29)8-2)26(37)32-42(39,40)21-13-14-21/h7-8,18-23,34H,1-2,9-17H2,3-6H3,(H,30,38)(H,31,35)(H,32,37). The van der Waals surface area contributed by atoms with Crippen molar-refractivity contribution in [2.45, 2.75) is 114 Å². The maximum absolute atomic E-state index is 13.9. The van der Waals surface area contributed by atoms with E-state index in [-0.39, 0.29) is 25.3 Å². The summed E-state index contributed by atoms with van der Waals surface area (Å²) in [5, 5.41) is 15.2. The molecule has 13 heteroatoms. The number of allylic oxidation sites excluding steroid dienone is 1. The van der Waals surface area contributed by atoms with Crippen LogP contribution in [0.1, 0.15) is 79.1 Å². The highest BCUT2D eigenvalue weighted by atomic mass is 32.2. The number of carbonyl (C=O) groups is 4. The maximum atomic E-state index is 13.9. The van der Waals surface area contributed by atoms with Crippen LogP contribution in [0, 0.1) is 11.8 Å². The van der Waals surface area contributed by atoms with Gasteiger partial charge in [-0.25, -0.2) is 13.2 Å². The normalized spacial score (nSPS) is 26.9. The highest BCUT2D eigenvalue weighted by molar-refractivity contribution is 7.91. The average Bonchev–Trinajstić information content (AvgIpc) is 3.80. The van der Waals surface area contributed by atoms with Crippen molar-refractivity contribution in [3.8, 4) is 0 Å². The number of hydrogen-bond donors (Lipinski definition) is 4. The first-order chi connectivity index (χ1) is 19.5. The van der Waals surface area contributed by atoms with Gasteiger partial charge in [0.15, 0.2) is 0 Å². The van der Waals surface area contributed by atoms with Crippen LogP contribution in [-0.4, -0.2) is 83.4 Å². The van der Waals surface area contributed by atoms with Gasteiger partial charge in [0, 0.05) is 18.9 Å². The van der Waals surface area contributed by atoms with Crippen molar-refractivity contribution in [1.82, 2.24) is 20.3 Å². The fourth-order valence-electron chi connectivity index (χ4n) is 5.31. The minimum absolute atomic E-state index is 0.0821. The molecule has 0 radical (unpaired) electrons. The second-order valence-electron chi connectivity index (χ2n) is 12.8. The van der Waals surface area contributed by atoms with Gasteiger partial charge < -0.3 is 25.4 Å². The van der Waals surface area contributed by atoms with Gasteiger partial charge in [-0.15, -0.1) is 13.2 Å². The van der Waals surface area contributed by atoms with Gasteiger partial charge in [0.2, 0.25) is 21.8 Å². The molecule has 0 bridgehead atoms. The number of nitrogens with one attached hydrogen (secondary N) is 3. The quantitative estimate of drug-likeness (QED) is 0.171. The zero-order chi connectivity index (χ0) is 31.5. The molecule has 42 heavy (non-hydrogen) atoms. The third-order valence-corrected chi connectivity index (χ3v) is 9.76. The fourth-order valence-corrected chi connectivity index (χ4v) is 6.67. The van der Waals surface area contributed by atoms with E-state index in [1.165, 1.54) is 11.0 Å². The number of unbranched alkanes of at least 4 members (excludes halogenated alkanes) is 2. The van der Waals surface area contributed by atoms with Crippen molar-refractivity contribution in [2.24, 2.45) is 11.8 Å². The number of aliphatic hydroxyl groups excluding tert-OH is 1. The van der Waals surface area contributed by atoms with Crippen LogP contribution in [0.3, 0.4) is 0 Å². The van der Waals surface area contributed by atoms with E-state index in [9.17, 15) is 32.7 Å². The van der Waals surface area contributed by atoms with Crippen molar-refractivity contribution >= 4 is 33.8 Å². The van der Waals surface area contributed by atoms with Crippen molar-refractivity contribution in [2.75, 3.05) is 6.54 Å². The monoisotopic (exact) mass is 610 g/mol. The lowest BCUT2D eigenvalue weighted by molar-refractivity contribution is -0.142. The second-order valence-corrected chi connectivity index (χ2v) is 14.7. The molecule has 0 aromatic heterocycles. The van der Waals surface area contributed by atoms with E-state index in [0.717, 1.165) is 19.3 Å². The molecule has 1 saturated heterocycles. The molecule has 236 valence electrons. The summed E-state index contributed by atoms with van der Waals surface area (Å²) in [6, 6.07) is -2.17. The Bertz CT molecular complexity index is 1180. The van der Waals surface area contributed by atoms with Crippen LogP contribution in [0.2, 0.25) is 0 Å². The lowest BCUT2D eigenvalue weighted by Gasteiger charge is -2.32. The summed E-state index contributed by atoms with van der Waals surface area (Å²) in [7, 11) is -3.85. The number of aliphatic hydroxyl groups is 1. The highest BCUT2D eigenvalue weighted by Gasteiger charge is 2.62. The van der Waals surface area contributed by atoms with Crippen LogP contribution in [0.25, 0.3) is 0 Å². The van der Waals surface area contributed by atoms with Gasteiger partial charge in [0.05, 0.1) is 11.4 Å². The molecule has 3 rings (SSSR count). The van der Waals surface area contributed by atoms with Crippen LogP contribution < -0.4 is 15.4 Å². The van der Waals surface area contributed by atoms with Gasteiger partial charge >= 0.3 is 6.09 Å². The second kappa shape index (κ2) is 13.2. The van der Waals surface area contributed by atoms with E-state index in [0.29, 0.717) is 19.3 Å². The Kier molecular flexibility index (Phi) is 10.5. The number of nitrogens with zero attached hydrogens (tertiary/aromatic N) is 1. The lowest BCUT2D eigenvalue weighted by atomic mass is 9.94. The fraction of sp³-hybridized carbons (Fsp3) is 0.724. The summed E-state index contributed by atoms with van der Waals surface area (Å²) in [6.07, 6.45) is 5.57. The Morgan fingerprint density at radius 1 is 1.17 bits per heavy atom. The van der Waals surface area contributed by atoms with Crippen molar-refractivity contribution in [3.63, 3.8) is 0 Å². The molecular weight excluding hydrogens is 564 g/mol. The summed E-state index contributed by atoms with van der Waals surface area (Å²) in [5.41, 5.74) is -2.32. The van der Waals surface area contributed by atoms with Crippen molar-refractivity contribution in [3.05, 3.63) is 25.3 Å². The predicted molar refractivity (Wildman–Crippen MR) is 156 cm³/mol. The first-order valence-electron chi connectivity index (χ1n) is 14.6. The molecule has 4 N–H and O–H groups in total. The van der Waals surface area contributed by atoms with Crippen molar-refractivity contribution < 1.29 is 37.4 Å². The van der Waals surface area contributed by atoms with Gasteiger partial charge in [0.1, 0.15) is 23.2 Å². The molecule has 6 unspecified atom stereocenters. The molecule has 2 saturated carbocycles. The molecule has 1 heterocycles. The minimum atomic E-state index is -3.85. The molecule has 6 atom stereocenters. The molecule has 4 amide bonds. The number of hydrogen-bond acceptors (Lipinski definition) is 8. The first kappa shape index (κ1) is 33.6. The number of ether oxygens (including phenoxy) is 1. The number of sulfonamides is 1. The third kappa shape index (κ3) is 8.33. The highest BCUT2D eigenvalue weighted by Crippen LogP contribution is 2.45. The number of β-amino-alcohol motifs (C(OH)–C–C–N with tert-alkyl or cyclic N) is 1. The zero-order valence-corrected chi connectivity index (χ0v) is 25.9.